The minimum atomic E-state index is -4.69. The number of azo groups is 1. The summed E-state index contributed by atoms with van der Waals surface area (Å²) < 4.78 is 58.9. The highest BCUT2D eigenvalue weighted by molar-refractivity contribution is 7.92. The van der Waals surface area contributed by atoms with Crippen LogP contribution in [0.2, 0.25) is 0 Å². The van der Waals surface area contributed by atoms with E-state index in [0.717, 1.165) is 10.6 Å². The van der Waals surface area contributed by atoms with Crippen LogP contribution in [0.4, 0.5) is 22.7 Å². The van der Waals surface area contributed by atoms with Crippen molar-refractivity contribution in [3.05, 3.63) is 48.0 Å². The number of aromatic carboxylic acids is 1. The van der Waals surface area contributed by atoms with Crippen molar-refractivity contribution in [1.29, 1.82) is 0 Å². The molecule has 0 aliphatic heterocycles. The third-order valence-corrected chi connectivity index (χ3v) is 5.51. The predicted molar refractivity (Wildman–Crippen MR) is 113 cm³/mol. The van der Waals surface area contributed by atoms with Gasteiger partial charge in [0.25, 0.3) is 0 Å². The van der Waals surface area contributed by atoms with Crippen molar-refractivity contribution in [2.24, 2.45) is 10.2 Å². The van der Waals surface area contributed by atoms with Gasteiger partial charge in [-0.3, -0.25) is 8.86 Å². The molecule has 0 bridgehead atoms. The molecule has 12 nitrogen and oxygen atoms in total. The average molecular weight is 473 g/mol. The molecule has 2 rings (SSSR count). The number of hydrogen-bond acceptors (Lipinski definition) is 9. The van der Waals surface area contributed by atoms with E-state index in [1.807, 2.05) is 0 Å². The fourth-order valence-electron chi connectivity index (χ4n) is 2.50. The van der Waals surface area contributed by atoms with E-state index in [1.165, 1.54) is 30.3 Å². The largest absolute Gasteiger partial charge is 0.478 e. The van der Waals surface area contributed by atoms with Gasteiger partial charge in [-0.15, -0.1) is 0 Å². The van der Waals surface area contributed by atoms with Crippen molar-refractivity contribution in [2.75, 3.05) is 36.1 Å². The highest BCUT2D eigenvalue weighted by Crippen LogP contribution is 2.26. The van der Waals surface area contributed by atoms with Gasteiger partial charge in [0.05, 0.1) is 42.0 Å². The lowest BCUT2D eigenvalue weighted by atomic mass is 10.1. The van der Waals surface area contributed by atoms with Crippen LogP contribution in [0.1, 0.15) is 10.4 Å². The Labute approximate surface area is 179 Å². The standard InChI is InChI=1S/C17H20N4O8S2/c1-18-16-8-5-13(11-15(16)17(22)23)20-19-12-3-6-14(7-4-12)21(30(2,24)25)9-10-29-31(26,27)28/h3-8,11,18H,9-10H2,1-2H3,(H,22,23)(H,26,27,28). The highest BCUT2D eigenvalue weighted by atomic mass is 32.3. The Hall–Kier alpha value is -3.07. The molecule has 0 unspecified atom stereocenters. The first-order chi connectivity index (χ1) is 14.4. The molecule has 0 saturated carbocycles. The maximum Gasteiger partial charge on any atom is 0.397 e. The summed E-state index contributed by atoms with van der Waals surface area (Å²) in [6.07, 6.45) is 0.933. The van der Waals surface area contributed by atoms with Crippen LogP contribution in [0.25, 0.3) is 0 Å². The number of carboxylic acids is 1. The third-order valence-electron chi connectivity index (χ3n) is 3.85. The van der Waals surface area contributed by atoms with E-state index in [2.05, 4.69) is 19.7 Å². The van der Waals surface area contributed by atoms with Gasteiger partial charge in [0, 0.05) is 12.7 Å². The first-order valence-corrected chi connectivity index (χ1v) is 11.8. The van der Waals surface area contributed by atoms with Crippen molar-refractivity contribution in [2.45, 2.75) is 0 Å². The van der Waals surface area contributed by atoms with Crippen molar-refractivity contribution in [3.63, 3.8) is 0 Å². The number of benzene rings is 2. The lowest BCUT2D eigenvalue weighted by molar-refractivity contribution is 0.0698. The minimum Gasteiger partial charge on any atom is -0.478 e. The van der Waals surface area contributed by atoms with Crippen LogP contribution in [0.5, 0.6) is 0 Å². The average Bonchev–Trinajstić information content (AvgIpc) is 2.68. The number of nitrogens with zero attached hydrogens (tertiary/aromatic N) is 3. The number of anilines is 2. The molecule has 0 aliphatic rings. The smallest absolute Gasteiger partial charge is 0.397 e. The molecule has 0 radical (unpaired) electrons. The number of rotatable bonds is 10. The molecular formula is C17H20N4O8S2. The topological polar surface area (TPSA) is 175 Å². The summed E-state index contributed by atoms with van der Waals surface area (Å²) in [7, 11) is -6.86. The van der Waals surface area contributed by atoms with Gasteiger partial charge >= 0.3 is 16.4 Å². The fraction of sp³-hybridized carbons (Fsp3) is 0.235. The summed E-state index contributed by atoms with van der Waals surface area (Å²) in [4.78, 5) is 11.3. The molecule has 0 aliphatic carbocycles. The quantitative estimate of drug-likeness (QED) is 0.346. The summed E-state index contributed by atoms with van der Waals surface area (Å²) in [5, 5.41) is 20.0. The van der Waals surface area contributed by atoms with Gasteiger partial charge < -0.3 is 10.4 Å². The Balaban J connectivity index is 2.19. The molecule has 2 aromatic carbocycles. The number of nitrogens with one attached hydrogen (secondary N) is 1. The van der Waals surface area contributed by atoms with Gasteiger partial charge in [-0.2, -0.15) is 18.6 Å². The Morgan fingerprint density at radius 2 is 1.65 bits per heavy atom. The highest BCUT2D eigenvalue weighted by Gasteiger charge is 2.18. The van der Waals surface area contributed by atoms with Gasteiger partial charge in [0.2, 0.25) is 10.0 Å². The van der Waals surface area contributed by atoms with E-state index in [0.29, 0.717) is 17.1 Å². The van der Waals surface area contributed by atoms with Crippen LogP contribution in [0.3, 0.4) is 0 Å². The van der Waals surface area contributed by atoms with Crippen LogP contribution >= 0.6 is 0 Å². The summed E-state index contributed by atoms with van der Waals surface area (Å²) in [5.74, 6) is -1.12. The Morgan fingerprint density at radius 3 is 2.16 bits per heavy atom. The third kappa shape index (κ3) is 7.29. The molecule has 31 heavy (non-hydrogen) atoms. The zero-order valence-electron chi connectivity index (χ0n) is 16.5. The number of hydrogen-bond donors (Lipinski definition) is 3. The van der Waals surface area contributed by atoms with Crippen molar-refractivity contribution >= 4 is 49.1 Å². The molecule has 0 aromatic heterocycles. The van der Waals surface area contributed by atoms with Gasteiger partial charge in [0.15, 0.2) is 0 Å². The number of carboxylic acid groups (broad SMARTS) is 1. The Morgan fingerprint density at radius 1 is 1.06 bits per heavy atom. The predicted octanol–water partition coefficient (Wildman–Crippen LogP) is 2.43. The second-order valence-corrected chi connectivity index (χ2v) is 9.08. The molecular weight excluding hydrogens is 452 g/mol. The molecule has 0 saturated heterocycles. The SMILES string of the molecule is CNc1ccc(N=Nc2ccc(N(CCOS(=O)(=O)O)S(C)(=O)=O)cc2)cc1C(=O)O. The van der Waals surface area contributed by atoms with E-state index < -0.39 is 33.0 Å². The van der Waals surface area contributed by atoms with Gasteiger partial charge in [-0.1, -0.05) is 0 Å². The summed E-state index contributed by atoms with van der Waals surface area (Å²) in [5.41, 5.74) is 1.34. The normalized spacial score (nSPS) is 12.1. The van der Waals surface area contributed by atoms with Crippen molar-refractivity contribution < 1.29 is 35.5 Å². The van der Waals surface area contributed by atoms with Gasteiger partial charge in [-0.25, -0.2) is 17.4 Å². The van der Waals surface area contributed by atoms with E-state index in [9.17, 15) is 26.7 Å². The van der Waals surface area contributed by atoms with Crippen molar-refractivity contribution in [1.82, 2.24) is 0 Å². The fourth-order valence-corrected chi connectivity index (χ4v) is 3.70. The molecule has 168 valence electrons. The number of sulfonamides is 1. The summed E-state index contributed by atoms with van der Waals surface area (Å²) in [6, 6.07) is 10.3. The molecule has 0 heterocycles. The van der Waals surface area contributed by atoms with E-state index in [1.54, 1.807) is 19.2 Å². The molecule has 0 spiro atoms. The Bertz CT molecular complexity index is 1180. The van der Waals surface area contributed by atoms with E-state index in [-0.39, 0.29) is 17.8 Å². The van der Waals surface area contributed by atoms with Crippen LogP contribution in [0.15, 0.2) is 52.7 Å². The molecule has 14 heteroatoms. The zero-order valence-corrected chi connectivity index (χ0v) is 18.1. The van der Waals surface area contributed by atoms with E-state index >= 15 is 0 Å². The number of carbonyl (C=O) groups is 1. The minimum absolute atomic E-state index is 0.0326. The Kier molecular flexibility index (Phi) is 7.67. The second-order valence-electron chi connectivity index (χ2n) is 6.09. The molecule has 3 N–H and O–H groups in total. The lowest BCUT2D eigenvalue weighted by Gasteiger charge is -2.21. The van der Waals surface area contributed by atoms with Crippen molar-refractivity contribution in [3.8, 4) is 0 Å². The first-order valence-electron chi connectivity index (χ1n) is 8.57. The van der Waals surface area contributed by atoms with Gasteiger partial charge in [0.1, 0.15) is 0 Å². The molecule has 2 aromatic rings. The van der Waals surface area contributed by atoms with Crippen LogP contribution in [-0.4, -0.2) is 58.9 Å². The lowest BCUT2D eigenvalue weighted by Crippen LogP contribution is -2.33. The first kappa shape index (κ1) is 24.2. The zero-order chi connectivity index (χ0) is 23.2. The maximum atomic E-state index is 12.0. The van der Waals surface area contributed by atoms with Crippen LogP contribution in [0, 0.1) is 0 Å². The molecule has 0 atom stereocenters. The van der Waals surface area contributed by atoms with Crippen LogP contribution < -0.4 is 9.62 Å². The maximum absolute atomic E-state index is 12.0. The molecule has 0 fully saturated rings. The second kappa shape index (κ2) is 9.82. The summed E-state index contributed by atoms with van der Waals surface area (Å²) >= 11 is 0. The molecule has 0 amide bonds. The summed E-state index contributed by atoms with van der Waals surface area (Å²) in [6.45, 7) is -0.933. The van der Waals surface area contributed by atoms with Gasteiger partial charge in [-0.05, 0) is 42.5 Å². The monoisotopic (exact) mass is 472 g/mol. The van der Waals surface area contributed by atoms with E-state index in [4.69, 9.17) is 4.55 Å². The van der Waals surface area contributed by atoms with Crippen LogP contribution in [-0.2, 0) is 24.6 Å².